The number of fused-ring (bicyclic) bond motifs is 1. The Bertz CT molecular complexity index is 966. The molecule has 164 valence electrons. The number of nitrogens with zero attached hydrogens (tertiary/aromatic N) is 2. The number of halogens is 1. The molecule has 0 aromatic heterocycles. The zero-order valence-electron chi connectivity index (χ0n) is 17.7. The summed E-state index contributed by atoms with van der Waals surface area (Å²) in [5.74, 6) is -0.196. The molecule has 2 aromatic carbocycles. The van der Waals surface area contributed by atoms with Crippen LogP contribution in [-0.4, -0.2) is 61.1 Å². The van der Waals surface area contributed by atoms with E-state index in [1.807, 2.05) is 30.3 Å². The minimum Gasteiger partial charge on any atom is -0.380 e. The second-order valence-corrected chi connectivity index (χ2v) is 9.07. The molecule has 7 nitrogen and oxygen atoms in total. The van der Waals surface area contributed by atoms with Gasteiger partial charge in [-0.1, -0.05) is 22.0 Å². The largest absolute Gasteiger partial charge is 0.380 e. The maximum atomic E-state index is 13.1. The van der Waals surface area contributed by atoms with Gasteiger partial charge in [0.25, 0.3) is 0 Å². The van der Waals surface area contributed by atoms with Crippen LogP contribution in [0.25, 0.3) is 0 Å². The number of rotatable bonds is 4. The van der Waals surface area contributed by atoms with Gasteiger partial charge in [0.2, 0.25) is 5.91 Å². The van der Waals surface area contributed by atoms with E-state index >= 15 is 0 Å². The zero-order chi connectivity index (χ0) is 22.0. The normalized spacial score (nSPS) is 20.9. The van der Waals surface area contributed by atoms with Crippen LogP contribution < -0.4 is 10.6 Å². The number of benzene rings is 2. The van der Waals surface area contributed by atoms with Gasteiger partial charge in [0.05, 0.1) is 6.10 Å². The molecule has 1 saturated heterocycles. The molecule has 31 heavy (non-hydrogen) atoms. The Balaban J connectivity index is 1.46. The van der Waals surface area contributed by atoms with Crippen LogP contribution >= 0.6 is 15.9 Å². The van der Waals surface area contributed by atoms with E-state index in [-0.39, 0.29) is 18.0 Å². The third-order valence-electron chi connectivity index (χ3n) is 5.93. The number of likely N-dealkylation sites (N-methyl/N-ethyl adjacent to an activating group) is 1. The molecule has 1 unspecified atom stereocenters. The van der Waals surface area contributed by atoms with E-state index in [1.54, 1.807) is 12.0 Å². The number of urea groups is 1. The molecule has 4 rings (SSSR count). The van der Waals surface area contributed by atoms with Crippen molar-refractivity contribution in [2.75, 3.05) is 37.9 Å². The van der Waals surface area contributed by atoms with Crippen molar-refractivity contribution >= 4 is 39.2 Å². The van der Waals surface area contributed by atoms with E-state index in [2.05, 4.69) is 50.6 Å². The highest BCUT2D eigenvalue weighted by atomic mass is 79.9. The lowest BCUT2D eigenvalue weighted by Gasteiger charge is -2.26. The van der Waals surface area contributed by atoms with Gasteiger partial charge in [-0.2, -0.15) is 0 Å². The summed E-state index contributed by atoms with van der Waals surface area (Å²) in [5.41, 5.74) is 4.00. The molecule has 0 spiro atoms. The first kappa shape index (κ1) is 21.8. The molecular weight excluding hydrogens is 460 g/mol. The van der Waals surface area contributed by atoms with Crippen molar-refractivity contribution in [2.45, 2.75) is 31.5 Å². The second kappa shape index (κ2) is 9.38. The van der Waals surface area contributed by atoms with E-state index in [9.17, 15) is 9.59 Å². The molecule has 2 aliphatic heterocycles. The molecule has 0 aliphatic carbocycles. The van der Waals surface area contributed by atoms with Crippen LogP contribution in [0.15, 0.2) is 46.9 Å². The Hall–Kier alpha value is -2.42. The zero-order valence-corrected chi connectivity index (χ0v) is 19.3. The van der Waals surface area contributed by atoms with E-state index in [0.717, 1.165) is 29.7 Å². The predicted octanol–water partition coefficient (Wildman–Crippen LogP) is 3.70. The first-order valence-electron chi connectivity index (χ1n) is 10.4. The van der Waals surface area contributed by atoms with Crippen molar-refractivity contribution in [3.05, 3.63) is 58.1 Å². The predicted molar refractivity (Wildman–Crippen MR) is 124 cm³/mol. The SMILES string of the molecule is COC1C[C@H](C(=O)Nc2ccc3c(c2)CCN(C)C3)N(C(=O)Nc2ccc(Br)cc2)C1. The van der Waals surface area contributed by atoms with E-state index in [4.69, 9.17) is 4.74 Å². The molecule has 0 saturated carbocycles. The van der Waals surface area contributed by atoms with Crippen LogP contribution in [0.3, 0.4) is 0 Å². The summed E-state index contributed by atoms with van der Waals surface area (Å²) in [6.45, 7) is 2.30. The molecule has 2 heterocycles. The smallest absolute Gasteiger partial charge is 0.322 e. The van der Waals surface area contributed by atoms with E-state index in [1.165, 1.54) is 11.1 Å². The van der Waals surface area contributed by atoms with Crippen LogP contribution in [0.4, 0.5) is 16.2 Å². The van der Waals surface area contributed by atoms with E-state index in [0.29, 0.717) is 18.7 Å². The molecule has 2 aliphatic rings. The number of methoxy groups -OCH3 is 1. The Kier molecular flexibility index (Phi) is 6.60. The average molecular weight is 487 g/mol. The summed E-state index contributed by atoms with van der Waals surface area (Å²) in [6, 6.07) is 12.5. The van der Waals surface area contributed by atoms with Gasteiger partial charge < -0.3 is 25.2 Å². The Morgan fingerprint density at radius 1 is 1.06 bits per heavy atom. The number of carbonyl (C=O) groups is 2. The Morgan fingerprint density at radius 3 is 2.55 bits per heavy atom. The minimum atomic E-state index is -0.595. The number of ether oxygens (including phenoxy) is 1. The monoisotopic (exact) mass is 486 g/mol. The van der Waals surface area contributed by atoms with Gasteiger partial charge in [-0.3, -0.25) is 4.79 Å². The fourth-order valence-electron chi connectivity index (χ4n) is 4.17. The van der Waals surface area contributed by atoms with Crippen LogP contribution in [0.1, 0.15) is 17.5 Å². The number of hydrogen-bond acceptors (Lipinski definition) is 4. The van der Waals surface area contributed by atoms with Gasteiger partial charge in [0.15, 0.2) is 0 Å². The number of amides is 3. The third-order valence-corrected chi connectivity index (χ3v) is 6.46. The first-order valence-corrected chi connectivity index (χ1v) is 11.2. The summed E-state index contributed by atoms with van der Waals surface area (Å²) >= 11 is 3.39. The van der Waals surface area contributed by atoms with Crippen LogP contribution in [0, 0.1) is 0 Å². The number of carbonyl (C=O) groups excluding carboxylic acids is 2. The summed E-state index contributed by atoms with van der Waals surface area (Å²) < 4.78 is 6.39. The number of anilines is 2. The average Bonchev–Trinajstić information content (AvgIpc) is 3.20. The molecular formula is C23H27BrN4O3. The van der Waals surface area contributed by atoms with Gasteiger partial charge in [-0.05, 0) is 61.0 Å². The van der Waals surface area contributed by atoms with Crippen LogP contribution in [0.2, 0.25) is 0 Å². The van der Waals surface area contributed by atoms with Crippen molar-refractivity contribution in [1.82, 2.24) is 9.80 Å². The van der Waals surface area contributed by atoms with Crippen molar-refractivity contribution < 1.29 is 14.3 Å². The Labute approximate surface area is 190 Å². The lowest BCUT2D eigenvalue weighted by molar-refractivity contribution is -0.119. The lowest BCUT2D eigenvalue weighted by atomic mass is 9.99. The number of nitrogens with one attached hydrogen (secondary N) is 2. The molecule has 0 radical (unpaired) electrons. The van der Waals surface area contributed by atoms with Crippen molar-refractivity contribution in [3.63, 3.8) is 0 Å². The highest BCUT2D eigenvalue weighted by Gasteiger charge is 2.40. The van der Waals surface area contributed by atoms with Gasteiger partial charge in [0, 0.05) is 49.0 Å². The van der Waals surface area contributed by atoms with Crippen LogP contribution in [0.5, 0.6) is 0 Å². The molecule has 2 aromatic rings. The van der Waals surface area contributed by atoms with Crippen LogP contribution in [-0.2, 0) is 22.5 Å². The maximum Gasteiger partial charge on any atom is 0.322 e. The number of likely N-dealkylation sites (tertiary alicyclic amines) is 1. The highest BCUT2D eigenvalue weighted by Crippen LogP contribution is 2.25. The molecule has 2 N–H and O–H groups in total. The number of hydrogen-bond donors (Lipinski definition) is 2. The second-order valence-electron chi connectivity index (χ2n) is 8.16. The first-order chi connectivity index (χ1) is 14.9. The van der Waals surface area contributed by atoms with Crippen molar-refractivity contribution in [2.24, 2.45) is 0 Å². The third kappa shape index (κ3) is 5.08. The van der Waals surface area contributed by atoms with Crippen molar-refractivity contribution in [3.8, 4) is 0 Å². The Morgan fingerprint density at radius 2 is 1.81 bits per heavy atom. The lowest BCUT2D eigenvalue weighted by Crippen LogP contribution is -2.45. The molecule has 1 fully saturated rings. The quantitative estimate of drug-likeness (QED) is 0.690. The topological polar surface area (TPSA) is 73.9 Å². The molecule has 0 bridgehead atoms. The molecule has 3 amide bonds. The fraction of sp³-hybridized carbons (Fsp3) is 0.391. The molecule has 8 heteroatoms. The highest BCUT2D eigenvalue weighted by molar-refractivity contribution is 9.10. The van der Waals surface area contributed by atoms with Gasteiger partial charge in [-0.15, -0.1) is 0 Å². The van der Waals surface area contributed by atoms with Gasteiger partial charge in [-0.25, -0.2) is 4.79 Å². The summed E-state index contributed by atoms with van der Waals surface area (Å²) in [6.07, 6.45) is 1.25. The van der Waals surface area contributed by atoms with Gasteiger partial charge >= 0.3 is 6.03 Å². The summed E-state index contributed by atoms with van der Waals surface area (Å²) in [7, 11) is 3.72. The fourth-order valence-corrected chi connectivity index (χ4v) is 4.43. The van der Waals surface area contributed by atoms with Crippen molar-refractivity contribution in [1.29, 1.82) is 0 Å². The summed E-state index contributed by atoms with van der Waals surface area (Å²) in [4.78, 5) is 29.9. The molecule has 2 atom stereocenters. The minimum absolute atomic E-state index is 0.175. The standard InChI is InChI=1S/C23H27BrN4O3/c1-27-10-9-15-11-19(6-3-16(15)13-27)25-22(29)21-12-20(31-2)14-28(21)23(30)26-18-7-4-17(24)5-8-18/h3-8,11,20-21H,9-10,12-14H2,1-2H3,(H,25,29)(H,26,30)/t20?,21-/m1/s1. The summed E-state index contributed by atoms with van der Waals surface area (Å²) in [5, 5.41) is 5.89. The van der Waals surface area contributed by atoms with E-state index < -0.39 is 6.04 Å². The maximum absolute atomic E-state index is 13.1. The van der Waals surface area contributed by atoms with Gasteiger partial charge in [0.1, 0.15) is 6.04 Å².